The number of benzene rings is 1. The Labute approximate surface area is 142 Å². The molecule has 0 bridgehead atoms. The van der Waals surface area contributed by atoms with Crippen LogP contribution < -0.4 is 10.6 Å². The molecule has 0 atom stereocenters. The van der Waals surface area contributed by atoms with Crippen LogP contribution in [0.25, 0.3) is 0 Å². The Hall–Kier alpha value is -2.80. The van der Waals surface area contributed by atoms with E-state index in [1.165, 1.54) is 35.6 Å². The second-order valence-electron chi connectivity index (χ2n) is 5.22. The quantitative estimate of drug-likeness (QED) is 0.738. The molecule has 5 nitrogen and oxygen atoms in total. The van der Waals surface area contributed by atoms with Crippen molar-refractivity contribution in [2.45, 2.75) is 13.3 Å². The number of carbonyl (C=O) groups is 1. The van der Waals surface area contributed by atoms with E-state index >= 15 is 0 Å². The highest BCUT2D eigenvalue weighted by molar-refractivity contribution is 7.13. The van der Waals surface area contributed by atoms with E-state index in [1.807, 2.05) is 24.4 Å². The van der Waals surface area contributed by atoms with Crippen LogP contribution in [0, 0.1) is 12.7 Å². The minimum Gasteiger partial charge on any atom is -0.326 e. The van der Waals surface area contributed by atoms with Crippen molar-refractivity contribution in [3.8, 4) is 0 Å². The van der Waals surface area contributed by atoms with Crippen molar-refractivity contribution >= 4 is 33.9 Å². The molecule has 7 heteroatoms. The van der Waals surface area contributed by atoms with Gasteiger partial charge in [0, 0.05) is 17.3 Å². The number of aryl methyl sites for hydroxylation is 1. The fourth-order valence-corrected chi connectivity index (χ4v) is 2.78. The van der Waals surface area contributed by atoms with Gasteiger partial charge in [0.15, 0.2) is 5.13 Å². The topological polar surface area (TPSA) is 66.9 Å². The van der Waals surface area contributed by atoms with E-state index in [0.717, 1.165) is 5.56 Å². The number of thiazole rings is 1. The largest absolute Gasteiger partial charge is 0.326 e. The molecule has 3 aromatic rings. The lowest BCUT2D eigenvalue weighted by Gasteiger charge is -2.04. The molecule has 0 fully saturated rings. The number of nitrogens with one attached hydrogen (secondary N) is 2. The van der Waals surface area contributed by atoms with Crippen LogP contribution in [0.1, 0.15) is 11.3 Å². The van der Waals surface area contributed by atoms with Gasteiger partial charge in [-0.1, -0.05) is 0 Å². The van der Waals surface area contributed by atoms with Crippen LogP contribution in [0.2, 0.25) is 0 Å². The Morgan fingerprint density at radius 2 is 2.04 bits per heavy atom. The van der Waals surface area contributed by atoms with Gasteiger partial charge in [0.05, 0.1) is 12.1 Å². The third-order valence-electron chi connectivity index (χ3n) is 3.17. The third-order valence-corrected chi connectivity index (χ3v) is 3.98. The minimum atomic E-state index is -0.340. The number of aromatic nitrogens is 2. The molecule has 0 aliphatic carbocycles. The Morgan fingerprint density at radius 1 is 1.25 bits per heavy atom. The summed E-state index contributed by atoms with van der Waals surface area (Å²) in [6.07, 6.45) is 1.87. The maximum atomic E-state index is 12.8. The van der Waals surface area contributed by atoms with Crippen LogP contribution in [-0.2, 0) is 11.2 Å². The highest BCUT2D eigenvalue weighted by Crippen LogP contribution is 2.20. The van der Waals surface area contributed by atoms with Gasteiger partial charge in [-0.3, -0.25) is 4.79 Å². The summed E-state index contributed by atoms with van der Waals surface area (Å²) < 4.78 is 12.8. The first-order valence-electron chi connectivity index (χ1n) is 7.28. The molecule has 2 N–H and O–H groups in total. The van der Waals surface area contributed by atoms with Crippen LogP contribution in [-0.4, -0.2) is 15.9 Å². The summed E-state index contributed by atoms with van der Waals surface area (Å²) >= 11 is 1.41. The summed E-state index contributed by atoms with van der Waals surface area (Å²) in [4.78, 5) is 20.6. The molecule has 1 aromatic carbocycles. The van der Waals surface area contributed by atoms with E-state index in [-0.39, 0.29) is 18.1 Å². The van der Waals surface area contributed by atoms with Gasteiger partial charge in [0.1, 0.15) is 11.6 Å². The Bertz CT molecular complexity index is 848. The van der Waals surface area contributed by atoms with Gasteiger partial charge in [-0.15, -0.1) is 11.3 Å². The highest BCUT2D eigenvalue weighted by atomic mass is 32.1. The molecule has 24 heavy (non-hydrogen) atoms. The number of halogens is 1. The van der Waals surface area contributed by atoms with Crippen molar-refractivity contribution < 1.29 is 9.18 Å². The molecule has 1 amide bonds. The molecule has 122 valence electrons. The Balaban J connectivity index is 1.59. The number of amides is 1. The fraction of sp³-hybridized carbons (Fsp3) is 0.118. The molecule has 0 unspecified atom stereocenters. The standard InChI is InChI=1S/C17H15FN4OS/c1-11-6-7-19-15(8-11)22-17-21-14(10-24-17)9-16(23)20-13-4-2-12(18)3-5-13/h2-8,10H,9H2,1H3,(H,20,23)(H,19,21,22). The van der Waals surface area contributed by atoms with Gasteiger partial charge in [0.2, 0.25) is 5.91 Å². The van der Waals surface area contributed by atoms with Crippen LogP contribution >= 0.6 is 11.3 Å². The first-order chi connectivity index (χ1) is 11.6. The lowest BCUT2D eigenvalue weighted by atomic mass is 10.3. The van der Waals surface area contributed by atoms with E-state index in [0.29, 0.717) is 22.3 Å². The zero-order valence-corrected chi connectivity index (χ0v) is 13.7. The average molecular weight is 342 g/mol. The summed E-state index contributed by atoms with van der Waals surface area (Å²) in [5, 5.41) is 8.33. The molecule has 0 saturated carbocycles. The van der Waals surface area contributed by atoms with Crippen molar-refractivity contribution in [3.05, 3.63) is 65.0 Å². The van der Waals surface area contributed by atoms with Gasteiger partial charge in [-0.2, -0.15) is 0 Å². The van der Waals surface area contributed by atoms with E-state index in [9.17, 15) is 9.18 Å². The minimum absolute atomic E-state index is 0.150. The number of hydrogen-bond acceptors (Lipinski definition) is 5. The number of hydrogen-bond donors (Lipinski definition) is 2. The normalized spacial score (nSPS) is 10.4. The van der Waals surface area contributed by atoms with Crippen molar-refractivity contribution in [3.63, 3.8) is 0 Å². The van der Waals surface area contributed by atoms with Crippen LogP contribution in [0.15, 0.2) is 48.0 Å². The molecule has 0 saturated heterocycles. The van der Waals surface area contributed by atoms with Gasteiger partial charge >= 0.3 is 0 Å². The van der Waals surface area contributed by atoms with E-state index in [4.69, 9.17) is 0 Å². The lowest BCUT2D eigenvalue weighted by Crippen LogP contribution is -2.14. The van der Waals surface area contributed by atoms with Gasteiger partial charge < -0.3 is 10.6 Å². The van der Waals surface area contributed by atoms with Gasteiger partial charge in [-0.25, -0.2) is 14.4 Å². The lowest BCUT2D eigenvalue weighted by molar-refractivity contribution is -0.115. The van der Waals surface area contributed by atoms with E-state index in [2.05, 4.69) is 20.6 Å². The maximum Gasteiger partial charge on any atom is 0.230 e. The molecule has 0 aliphatic rings. The molecule has 0 radical (unpaired) electrons. The highest BCUT2D eigenvalue weighted by Gasteiger charge is 2.09. The summed E-state index contributed by atoms with van der Waals surface area (Å²) in [5.74, 6) is 0.173. The number of carbonyl (C=O) groups excluding carboxylic acids is 1. The summed E-state index contributed by atoms with van der Waals surface area (Å²) in [5.41, 5.74) is 2.32. The van der Waals surface area contributed by atoms with E-state index < -0.39 is 0 Å². The van der Waals surface area contributed by atoms with Crippen molar-refractivity contribution in [1.82, 2.24) is 9.97 Å². The summed E-state index contributed by atoms with van der Waals surface area (Å²) in [6, 6.07) is 9.47. The molecule has 3 rings (SSSR count). The van der Waals surface area contributed by atoms with Crippen LogP contribution in [0.3, 0.4) is 0 Å². The molecule has 0 aliphatic heterocycles. The maximum absolute atomic E-state index is 12.8. The smallest absolute Gasteiger partial charge is 0.230 e. The number of rotatable bonds is 5. The first kappa shape index (κ1) is 16.1. The van der Waals surface area contributed by atoms with Crippen molar-refractivity contribution in [2.75, 3.05) is 10.6 Å². The molecule has 2 heterocycles. The SMILES string of the molecule is Cc1ccnc(Nc2nc(CC(=O)Nc3ccc(F)cc3)cs2)c1. The van der Waals surface area contributed by atoms with Gasteiger partial charge in [-0.05, 0) is 48.9 Å². The second kappa shape index (κ2) is 7.18. The van der Waals surface area contributed by atoms with E-state index in [1.54, 1.807) is 6.20 Å². The zero-order valence-electron chi connectivity index (χ0n) is 12.9. The molecule has 2 aromatic heterocycles. The Morgan fingerprint density at radius 3 is 2.79 bits per heavy atom. The molecular weight excluding hydrogens is 327 g/mol. The number of pyridine rings is 1. The van der Waals surface area contributed by atoms with Crippen LogP contribution in [0.4, 0.5) is 21.0 Å². The van der Waals surface area contributed by atoms with Crippen molar-refractivity contribution in [1.29, 1.82) is 0 Å². The van der Waals surface area contributed by atoms with Crippen LogP contribution in [0.5, 0.6) is 0 Å². The fourth-order valence-electron chi connectivity index (χ4n) is 2.06. The summed E-state index contributed by atoms with van der Waals surface area (Å²) in [7, 11) is 0. The predicted molar refractivity (Wildman–Crippen MR) is 93.1 cm³/mol. The number of nitrogens with zero attached hydrogens (tertiary/aromatic N) is 2. The Kier molecular flexibility index (Phi) is 4.81. The summed E-state index contributed by atoms with van der Waals surface area (Å²) in [6.45, 7) is 1.99. The average Bonchev–Trinajstić information content (AvgIpc) is 2.96. The molecule has 0 spiro atoms. The first-order valence-corrected chi connectivity index (χ1v) is 8.16. The molecular formula is C17H15FN4OS. The predicted octanol–water partition coefficient (Wildman–Crippen LogP) is 3.91. The third kappa shape index (κ3) is 4.36. The second-order valence-corrected chi connectivity index (χ2v) is 6.08. The number of anilines is 3. The zero-order chi connectivity index (χ0) is 16.9. The van der Waals surface area contributed by atoms with Crippen molar-refractivity contribution in [2.24, 2.45) is 0 Å². The van der Waals surface area contributed by atoms with Gasteiger partial charge in [0.25, 0.3) is 0 Å². The monoisotopic (exact) mass is 342 g/mol.